The highest BCUT2D eigenvalue weighted by atomic mass is 16.1. The maximum Gasteiger partial charge on any atom is 0.332 e. The minimum absolute atomic E-state index is 0.00498. The molecule has 1 aromatic heterocycles. The summed E-state index contributed by atoms with van der Waals surface area (Å²) in [7, 11) is 0. The fourth-order valence-electron chi connectivity index (χ4n) is 2.08. The summed E-state index contributed by atoms with van der Waals surface area (Å²) < 4.78 is 3.38. The van der Waals surface area contributed by atoms with Crippen LogP contribution >= 0.6 is 0 Å². The lowest BCUT2D eigenvalue weighted by atomic mass is 10.0. The summed E-state index contributed by atoms with van der Waals surface area (Å²) in [6, 6.07) is 8.17. The first kappa shape index (κ1) is 13.6. The monoisotopic (exact) mass is 259 g/mol. The number of rotatable bonds is 4. The van der Waals surface area contributed by atoms with E-state index in [2.05, 4.69) is 6.92 Å². The van der Waals surface area contributed by atoms with Gasteiger partial charge in [0.15, 0.2) is 0 Å². The Labute approximate surface area is 113 Å². The van der Waals surface area contributed by atoms with E-state index in [1.807, 2.05) is 50.5 Å². The zero-order chi connectivity index (χ0) is 14.0. The Hall–Kier alpha value is -1.81. The Kier molecular flexibility index (Phi) is 3.90. The largest absolute Gasteiger partial charge is 0.332 e. The van der Waals surface area contributed by atoms with Gasteiger partial charge >= 0.3 is 5.69 Å². The lowest BCUT2D eigenvalue weighted by Crippen LogP contribution is -2.24. The fourth-order valence-corrected chi connectivity index (χ4v) is 2.08. The maximum atomic E-state index is 12.2. The fraction of sp³-hybridized carbons (Fsp3) is 0.400. The molecule has 0 aliphatic rings. The van der Waals surface area contributed by atoms with Gasteiger partial charge in [-0.25, -0.2) is 4.79 Å². The van der Waals surface area contributed by atoms with E-state index in [0.717, 1.165) is 5.69 Å². The summed E-state index contributed by atoms with van der Waals surface area (Å²) in [5.41, 5.74) is 7.73. The zero-order valence-corrected chi connectivity index (χ0v) is 11.7. The second kappa shape index (κ2) is 5.45. The van der Waals surface area contributed by atoms with Gasteiger partial charge in [0.2, 0.25) is 0 Å². The minimum Gasteiger partial charge on any atom is -0.330 e. The topological polar surface area (TPSA) is 52.9 Å². The maximum absolute atomic E-state index is 12.2. The van der Waals surface area contributed by atoms with Crippen molar-refractivity contribution in [3.8, 4) is 5.69 Å². The van der Waals surface area contributed by atoms with Crippen LogP contribution in [0.1, 0.15) is 38.3 Å². The van der Waals surface area contributed by atoms with Gasteiger partial charge in [-0.15, -0.1) is 0 Å². The normalized spacial score (nSPS) is 12.9. The molecule has 0 amide bonds. The van der Waals surface area contributed by atoms with E-state index in [0.29, 0.717) is 12.5 Å². The van der Waals surface area contributed by atoms with Crippen LogP contribution in [0.25, 0.3) is 5.69 Å². The Bertz CT molecular complexity index is 593. The van der Waals surface area contributed by atoms with E-state index in [-0.39, 0.29) is 11.7 Å². The summed E-state index contributed by atoms with van der Waals surface area (Å²) >= 11 is 0. The lowest BCUT2D eigenvalue weighted by molar-refractivity contribution is 0.574. The van der Waals surface area contributed by atoms with E-state index < -0.39 is 0 Å². The molecule has 2 rings (SSSR count). The molecule has 4 heteroatoms. The van der Waals surface area contributed by atoms with Crippen molar-refractivity contribution in [3.63, 3.8) is 0 Å². The molecule has 102 valence electrons. The molecule has 1 unspecified atom stereocenters. The molecule has 0 bridgehead atoms. The van der Waals surface area contributed by atoms with Crippen molar-refractivity contribution in [2.75, 3.05) is 6.54 Å². The van der Waals surface area contributed by atoms with E-state index in [1.54, 1.807) is 9.13 Å². The number of nitrogens with zero attached hydrogens (tertiary/aromatic N) is 2. The van der Waals surface area contributed by atoms with Crippen LogP contribution in [-0.2, 0) is 0 Å². The van der Waals surface area contributed by atoms with Crippen LogP contribution in [0.2, 0.25) is 0 Å². The summed E-state index contributed by atoms with van der Waals surface area (Å²) in [6.45, 7) is 6.72. The van der Waals surface area contributed by atoms with Gasteiger partial charge in [-0.3, -0.25) is 9.13 Å². The zero-order valence-electron chi connectivity index (χ0n) is 11.7. The standard InChI is InChI=1S/C15H21N3O/c1-11(2)17-8-9-18(15(17)19)14-6-4-13(5-7-14)12(3)10-16/h4-9,11-12H,10,16H2,1-3H3. The molecule has 0 saturated heterocycles. The summed E-state index contributed by atoms with van der Waals surface area (Å²) in [6.07, 6.45) is 3.63. The SMILES string of the molecule is CC(CN)c1ccc(-n2ccn(C(C)C)c2=O)cc1. The summed E-state index contributed by atoms with van der Waals surface area (Å²) in [4.78, 5) is 12.2. The molecule has 19 heavy (non-hydrogen) atoms. The van der Waals surface area contributed by atoms with Crippen molar-refractivity contribution in [1.82, 2.24) is 9.13 Å². The van der Waals surface area contributed by atoms with E-state index in [9.17, 15) is 4.79 Å². The molecule has 2 aromatic rings. The van der Waals surface area contributed by atoms with Gasteiger partial charge in [0.1, 0.15) is 0 Å². The summed E-state index contributed by atoms with van der Waals surface area (Å²) in [5, 5.41) is 0. The van der Waals surface area contributed by atoms with E-state index in [4.69, 9.17) is 5.73 Å². The average molecular weight is 259 g/mol. The Morgan fingerprint density at radius 1 is 1.11 bits per heavy atom. The van der Waals surface area contributed by atoms with Crippen molar-refractivity contribution in [2.24, 2.45) is 5.73 Å². The van der Waals surface area contributed by atoms with Gasteiger partial charge < -0.3 is 5.73 Å². The third-order valence-corrected chi connectivity index (χ3v) is 3.45. The van der Waals surface area contributed by atoms with Crippen molar-refractivity contribution < 1.29 is 0 Å². The molecule has 0 radical (unpaired) electrons. The average Bonchev–Trinajstić information content (AvgIpc) is 2.80. The number of imidazole rings is 1. The minimum atomic E-state index is -0.00498. The number of benzene rings is 1. The molecule has 0 spiro atoms. The number of nitrogens with two attached hydrogens (primary N) is 1. The third-order valence-electron chi connectivity index (χ3n) is 3.45. The highest BCUT2D eigenvalue weighted by Gasteiger charge is 2.08. The van der Waals surface area contributed by atoms with Gasteiger partial charge in [-0.1, -0.05) is 19.1 Å². The van der Waals surface area contributed by atoms with Gasteiger partial charge in [-0.05, 0) is 44.0 Å². The predicted molar refractivity (Wildman–Crippen MR) is 77.9 cm³/mol. The van der Waals surface area contributed by atoms with Crippen LogP contribution in [-0.4, -0.2) is 15.7 Å². The Morgan fingerprint density at radius 2 is 1.74 bits per heavy atom. The Morgan fingerprint density at radius 3 is 2.21 bits per heavy atom. The highest BCUT2D eigenvalue weighted by molar-refractivity contribution is 5.35. The molecule has 1 aromatic carbocycles. The first-order chi connectivity index (χ1) is 9.04. The number of hydrogen-bond acceptors (Lipinski definition) is 2. The van der Waals surface area contributed by atoms with Crippen LogP contribution in [0.5, 0.6) is 0 Å². The van der Waals surface area contributed by atoms with Crippen LogP contribution in [0.3, 0.4) is 0 Å². The molecule has 0 aliphatic heterocycles. The smallest absolute Gasteiger partial charge is 0.330 e. The van der Waals surface area contributed by atoms with Gasteiger partial charge in [-0.2, -0.15) is 0 Å². The molecule has 4 nitrogen and oxygen atoms in total. The van der Waals surface area contributed by atoms with Gasteiger partial charge in [0.25, 0.3) is 0 Å². The summed E-state index contributed by atoms with van der Waals surface area (Å²) in [5.74, 6) is 0.339. The van der Waals surface area contributed by atoms with Gasteiger partial charge in [0, 0.05) is 18.4 Å². The second-order valence-corrected chi connectivity index (χ2v) is 5.18. The molecule has 0 fully saturated rings. The van der Waals surface area contributed by atoms with Crippen LogP contribution in [0, 0.1) is 0 Å². The Balaban J connectivity index is 2.35. The van der Waals surface area contributed by atoms with Crippen molar-refractivity contribution >= 4 is 0 Å². The van der Waals surface area contributed by atoms with Crippen LogP contribution < -0.4 is 11.4 Å². The first-order valence-electron chi connectivity index (χ1n) is 6.64. The second-order valence-electron chi connectivity index (χ2n) is 5.18. The highest BCUT2D eigenvalue weighted by Crippen LogP contribution is 2.16. The van der Waals surface area contributed by atoms with E-state index >= 15 is 0 Å². The van der Waals surface area contributed by atoms with Crippen LogP contribution in [0.4, 0.5) is 0 Å². The molecule has 0 saturated carbocycles. The molecule has 0 aliphatic carbocycles. The predicted octanol–water partition coefficient (Wildman–Crippen LogP) is 2.28. The molecule has 2 N–H and O–H groups in total. The molecular formula is C15H21N3O. The van der Waals surface area contributed by atoms with Gasteiger partial charge in [0.05, 0.1) is 5.69 Å². The van der Waals surface area contributed by atoms with E-state index in [1.165, 1.54) is 5.56 Å². The molecule has 1 heterocycles. The van der Waals surface area contributed by atoms with Crippen molar-refractivity contribution in [3.05, 3.63) is 52.7 Å². The third kappa shape index (κ3) is 2.63. The van der Waals surface area contributed by atoms with Crippen LogP contribution in [0.15, 0.2) is 41.5 Å². The van der Waals surface area contributed by atoms with Crippen molar-refractivity contribution in [2.45, 2.75) is 32.7 Å². The molecule has 1 atom stereocenters. The number of hydrogen-bond donors (Lipinski definition) is 1. The van der Waals surface area contributed by atoms with Crippen molar-refractivity contribution in [1.29, 1.82) is 0 Å². The quantitative estimate of drug-likeness (QED) is 0.915. The first-order valence-corrected chi connectivity index (χ1v) is 6.64. The molecular weight excluding hydrogens is 238 g/mol. The lowest BCUT2D eigenvalue weighted by Gasteiger charge is -2.10. The number of aromatic nitrogens is 2.